The number of carbonyl (C=O) groups excluding carboxylic acids is 12. The number of hydrogen-bond acceptors (Lipinski definition) is 18. The Bertz CT molecular complexity index is 2100. The monoisotopic (exact) mass is 1020 g/mol. The van der Waals surface area contributed by atoms with Crippen LogP contribution in [0.25, 0.3) is 0 Å². The fourth-order valence-corrected chi connectivity index (χ4v) is 4.75. The predicted molar refractivity (Wildman–Crippen MR) is 269 cm³/mol. The van der Waals surface area contributed by atoms with Crippen LogP contribution < -0.4 is 0 Å². The van der Waals surface area contributed by atoms with Gasteiger partial charge in [0.25, 0.3) is 0 Å². The standard InChI is InChI=1S/2C9H13N.4C8H11N.6CO2/c2*1-7(2)9-4-5-10-8(3)6-9;1-7(2)8-3-5-9-6-4-8;2*1-7(2)8-4-3-5-9-6-8;1-7(2)8-5-3-4-6-9-8;6*2-1-3/h2*4-7H,1-3H3;4*3-7H,1-2H3;;;;;;. The zero-order chi connectivity index (χ0) is 58.1. The van der Waals surface area contributed by atoms with E-state index >= 15 is 0 Å². The zero-order valence-corrected chi connectivity index (χ0v) is 44.7. The van der Waals surface area contributed by atoms with Gasteiger partial charge in [-0.15, -0.1) is 0 Å². The largest absolute Gasteiger partial charge is 0.373 e. The smallest absolute Gasteiger partial charge is 0.265 e. The van der Waals surface area contributed by atoms with E-state index in [0.29, 0.717) is 35.5 Å². The van der Waals surface area contributed by atoms with Gasteiger partial charge in [-0.25, -0.2) is 0 Å². The van der Waals surface area contributed by atoms with Crippen molar-refractivity contribution in [2.45, 2.75) is 132 Å². The quantitative estimate of drug-likeness (QED) is 0.150. The summed E-state index contributed by atoms with van der Waals surface area (Å²) >= 11 is 0. The highest BCUT2D eigenvalue weighted by molar-refractivity contribution is 5.22. The van der Waals surface area contributed by atoms with Crippen molar-refractivity contribution in [2.75, 3.05) is 0 Å². The fourth-order valence-electron chi connectivity index (χ4n) is 4.75. The average molecular weight is 1020 g/mol. The first-order chi connectivity index (χ1) is 35.1. The van der Waals surface area contributed by atoms with Gasteiger partial charge in [-0.3, -0.25) is 29.9 Å². The first-order valence-electron chi connectivity index (χ1n) is 22.5. The molecule has 0 fully saturated rings. The van der Waals surface area contributed by atoms with Crippen LogP contribution in [-0.4, -0.2) is 66.8 Å². The Morgan fingerprint density at radius 1 is 0.297 bits per heavy atom. The van der Waals surface area contributed by atoms with Gasteiger partial charge in [0, 0.05) is 72.9 Å². The Labute approximate surface area is 435 Å². The van der Waals surface area contributed by atoms with E-state index in [4.69, 9.17) is 57.5 Å². The summed E-state index contributed by atoms with van der Waals surface area (Å²) in [5, 5.41) is 0. The molecular formula is C56H70N6O12. The Hall–Kier alpha value is -8.82. The molecule has 0 bridgehead atoms. The molecule has 0 aromatic carbocycles. The van der Waals surface area contributed by atoms with Crippen LogP contribution in [0.5, 0.6) is 0 Å². The van der Waals surface area contributed by atoms with Gasteiger partial charge in [-0.1, -0.05) is 101 Å². The molecule has 6 heterocycles. The van der Waals surface area contributed by atoms with Gasteiger partial charge < -0.3 is 0 Å². The maximum atomic E-state index is 8.12. The number of aryl methyl sites for hydroxylation is 2. The van der Waals surface area contributed by atoms with Gasteiger partial charge in [0.15, 0.2) is 0 Å². The molecule has 6 rings (SSSR count). The minimum Gasteiger partial charge on any atom is -0.265 e. The van der Waals surface area contributed by atoms with Gasteiger partial charge in [-0.2, -0.15) is 57.5 Å². The molecular weight excluding hydrogens is 949 g/mol. The minimum absolute atomic E-state index is 0.250. The van der Waals surface area contributed by atoms with E-state index in [1.807, 2.05) is 99.7 Å². The van der Waals surface area contributed by atoms with Crippen LogP contribution in [0.2, 0.25) is 0 Å². The molecule has 0 saturated heterocycles. The van der Waals surface area contributed by atoms with Crippen molar-refractivity contribution in [3.8, 4) is 0 Å². The van der Waals surface area contributed by atoms with Crippen molar-refractivity contribution in [3.63, 3.8) is 0 Å². The summed E-state index contributed by atoms with van der Waals surface area (Å²) in [6.07, 6.45) is 18.1. The highest BCUT2D eigenvalue weighted by atomic mass is 16.2. The maximum Gasteiger partial charge on any atom is 0.373 e. The lowest BCUT2D eigenvalue weighted by atomic mass is 10.0. The molecule has 0 unspecified atom stereocenters. The minimum atomic E-state index is 0.250. The van der Waals surface area contributed by atoms with E-state index in [1.54, 1.807) is 12.4 Å². The van der Waals surface area contributed by atoms with Gasteiger partial charge in [0.05, 0.1) is 0 Å². The van der Waals surface area contributed by atoms with Gasteiger partial charge >= 0.3 is 36.9 Å². The van der Waals surface area contributed by atoms with Crippen LogP contribution in [0.15, 0.2) is 135 Å². The average Bonchev–Trinajstić information content (AvgIpc) is 3.37. The summed E-state index contributed by atoms with van der Waals surface area (Å²) in [6.45, 7) is 30.1. The second-order valence-corrected chi connectivity index (χ2v) is 16.0. The Balaban J connectivity index is -0.000000176. The van der Waals surface area contributed by atoms with Crippen molar-refractivity contribution in [1.82, 2.24) is 29.9 Å². The van der Waals surface area contributed by atoms with E-state index < -0.39 is 0 Å². The van der Waals surface area contributed by atoms with Gasteiger partial charge in [0.2, 0.25) is 0 Å². The predicted octanol–water partition coefficient (Wildman–Crippen LogP) is 10.3. The zero-order valence-electron chi connectivity index (χ0n) is 44.7. The molecule has 0 amide bonds. The third-order valence-electron chi connectivity index (χ3n) is 8.53. The summed E-state index contributed by atoms with van der Waals surface area (Å²) < 4.78 is 0. The molecule has 0 radical (unpaired) electrons. The number of aromatic nitrogens is 6. The van der Waals surface area contributed by atoms with Crippen LogP contribution in [0, 0.1) is 13.8 Å². The molecule has 0 N–H and O–H groups in total. The lowest BCUT2D eigenvalue weighted by Crippen LogP contribution is -1.88. The number of rotatable bonds is 6. The lowest BCUT2D eigenvalue weighted by molar-refractivity contribution is -0.193. The molecule has 0 aliphatic rings. The van der Waals surface area contributed by atoms with Crippen molar-refractivity contribution >= 4 is 36.9 Å². The van der Waals surface area contributed by atoms with Crippen molar-refractivity contribution < 1.29 is 57.5 Å². The van der Waals surface area contributed by atoms with E-state index in [1.165, 1.54) is 27.8 Å². The molecule has 0 saturated carbocycles. The molecule has 6 aromatic rings. The molecule has 0 aliphatic heterocycles. The molecule has 396 valence electrons. The van der Waals surface area contributed by atoms with E-state index in [9.17, 15) is 0 Å². The maximum absolute atomic E-state index is 8.12. The van der Waals surface area contributed by atoms with Crippen LogP contribution >= 0.6 is 0 Å². The van der Waals surface area contributed by atoms with Crippen LogP contribution in [0.3, 0.4) is 0 Å². The number of nitrogens with zero attached hydrogens (tertiary/aromatic N) is 6. The van der Waals surface area contributed by atoms with E-state index in [-0.39, 0.29) is 36.9 Å². The fraction of sp³-hybridized carbons (Fsp3) is 0.357. The third-order valence-corrected chi connectivity index (χ3v) is 8.53. The Kier molecular flexibility index (Phi) is 58.8. The SMILES string of the molecule is CC(C)c1ccccn1.CC(C)c1cccnc1.CC(C)c1cccnc1.CC(C)c1ccncc1.Cc1cc(C(C)C)ccn1.Cc1cc(C(C)C)ccn1.O=C=O.O=C=O.O=C=O.O=C=O.O=C=O.O=C=O. The highest BCUT2D eigenvalue weighted by Crippen LogP contribution is 2.15. The van der Waals surface area contributed by atoms with Crippen molar-refractivity contribution in [2.24, 2.45) is 0 Å². The lowest BCUT2D eigenvalue weighted by Gasteiger charge is -2.03. The van der Waals surface area contributed by atoms with Gasteiger partial charge in [0.1, 0.15) is 0 Å². The second kappa shape index (κ2) is 56.8. The second-order valence-electron chi connectivity index (χ2n) is 16.0. The molecule has 0 spiro atoms. The first kappa shape index (κ1) is 76.7. The topological polar surface area (TPSA) is 282 Å². The summed E-state index contributed by atoms with van der Waals surface area (Å²) in [4.78, 5) is 122. The molecule has 0 atom stereocenters. The van der Waals surface area contributed by atoms with Crippen LogP contribution in [-0.2, 0) is 57.5 Å². The van der Waals surface area contributed by atoms with Crippen molar-refractivity contribution in [1.29, 1.82) is 0 Å². The molecule has 18 heteroatoms. The Morgan fingerprint density at radius 2 is 0.608 bits per heavy atom. The highest BCUT2D eigenvalue weighted by Gasteiger charge is 1.99. The van der Waals surface area contributed by atoms with Gasteiger partial charge in [-0.05, 0) is 138 Å². The Morgan fingerprint density at radius 3 is 0.784 bits per heavy atom. The normalized spacial score (nSPS) is 8.38. The van der Waals surface area contributed by atoms with Crippen LogP contribution in [0.1, 0.15) is 163 Å². The number of hydrogen-bond donors (Lipinski definition) is 0. The summed E-state index contributed by atoms with van der Waals surface area (Å²) in [6, 6.07) is 26.6. The molecule has 18 nitrogen and oxygen atoms in total. The van der Waals surface area contributed by atoms with E-state index in [0.717, 1.165) is 17.1 Å². The molecule has 74 heavy (non-hydrogen) atoms. The molecule has 0 aliphatic carbocycles. The first-order valence-corrected chi connectivity index (χ1v) is 22.5. The van der Waals surface area contributed by atoms with E-state index in [2.05, 4.69) is 149 Å². The molecule has 6 aromatic heterocycles. The number of pyridine rings is 6. The summed E-state index contributed by atoms with van der Waals surface area (Å²) in [5.74, 6) is 3.58. The van der Waals surface area contributed by atoms with Crippen LogP contribution in [0.4, 0.5) is 0 Å². The summed E-state index contributed by atoms with van der Waals surface area (Å²) in [5.41, 5.74) is 10.1. The van der Waals surface area contributed by atoms with Crippen molar-refractivity contribution in [3.05, 3.63) is 180 Å². The summed E-state index contributed by atoms with van der Waals surface area (Å²) in [7, 11) is 0. The third kappa shape index (κ3) is 54.1.